The van der Waals surface area contributed by atoms with Crippen LogP contribution in [-0.2, 0) is 16.1 Å². The normalized spacial score (nSPS) is 9.65. The molecule has 0 aliphatic rings. The molecule has 3 rings (SSSR count). The van der Waals surface area contributed by atoms with E-state index in [2.05, 4.69) is 70.8 Å². The van der Waals surface area contributed by atoms with Crippen LogP contribution in [0.4, 0.5) is 5.69 Å². The lowest BCUT2D eigenvalue weighted by Gasteiger charge is -2.15. The van der Waals surface area contributed by atoms with Gasteiger partial charge in [-0.05, 0) is 97.8 Å². The van der Waals surface area contributed by atoms with Crippen molar-refractivity contribution in [1.82, 2.24) is 0 Å². The molecule has 6 nitrogen and oxygen atoms in total. The van der Waals surface area contributed by atoms with E-state index in [-0.39, 0.29) is 12.6 Å². The molecule has 0 saturated carbocycles. The third-order valence-electron chi connectivity index (χ3n) is 6.92. The Bertz CT molecular complexity index is 1360. The first kappa shape index (κ1) is 58.7. The van der Waals surface area contributed by atoms with Crippen LogP contribution in [-0.4, -0.2) is 24.2 Å². The van der Waals surface area contributed by atoms with Crippen molar-refractivity contribution in [2.45, 2.75) is 121 Å². The second-order valence-corrected chi connectivity index (χ2v) is 10.9. The van der Waals surface area contributed by atoms with E-state index < -0.39 is 0 Å². The Hall–Kier alpha value is -4.65. The van der Waals surface area contributed by atoms with E-state index in [0.717, 1.165) is 46.3 Å². The van der Waals surface area contributed by atoms with E-state index in [4.69, 9.17) is 31.8 Å². The van der Waals surface area contributed by atoms with Gasteiger partial charge in [0.1, 0.15) is 0 Å². The highest BCUT2D eigenvalue weighted by Gasteiger charge is 2.09. The standard InChI is InChI=1S/C18H20N2.C13H21NO.C5H10.C5H8.3C2H6.CH2O2/c1-4-15-13(3)10-14(11-18(15)20)17-7-5-6-12(2)16(17)8-9-19;1-2-3-9-13(10-14)15-11-12-7-5-4-6-8-12;1-4-5(2)3;1-3-5-4-2;3*1-2;2-1-3/h4-11H,1,19-20H2,2-3H3;4-8,13H,2-3,9-11,14H2,1H3;2,4H2,1,3H3;3-5H,1H2,2H3;3*1-2H3;1H,(H,2,3)/b9-8-;;;5-4+;;;;. The molecule has 0 bridgehead atoms. The first-order chi connectivity index (χ1) is 26.0. The maximum Gasteiger partial charge on any atom is 0.290 e. The van der Waals surface area contributed by atoms with Gasteiger partial charge in [-0.15, -0.1) is 6.58 Å². The fourth-order valence-corrected chi connectivity index (χ4v) is 4.14. The smallest absolute Gasteiger partial charge is 0.290 e. The first-order valence-electron chi connectivity index (χ1n) is 19.4. The van der Waals surface area contributed by atoms with Gasteiger partial charge in [0.15, 0.2) is 0 Å². The summed E-state index contributed by atoms with van der Waals surface area (Å²) in [6, 6.07) is 20.6. The Labute approximate surface area is 332 Å². The molecule has 0 amide bonds. The molecule has 0 saturated heterocycles. The summed E-state index contributed by atoms with van der Waals surface area (Å²) >= 11 is 0. The number of carbonyl (C=O) groups is 1. The summed E-state index contributed by atoms with van der Waals surface area (Å²) in [6.45, 7) is 36.4. The van der Waals surface area contributed by atoms with Crippen molar-refractivity contribution in [2.24, 2.45) is 11.5 Å². The molecule has 3 aromatic carbocycles. The van der Waals surface area contributed by atoms with Crippen LogP contribution in [0.1, 0.15) is 123 Å². The van der Waals surface area contributed by atoms with Gasteiger partial charge in [0.05, 0.1) is 12.7 Å². The topological polar surface area (TPSA) is 125 Å². The molecule has 6 heteroatoms. The van der Waals surface area contributed by atoms with Crippen molar-refractivity contribution in [1.29, 1.82) is 0 Å². The molecule has 7 N–H and O–H groups in total. The van der Waals surface area contributed by atoms with Crippen molar-refractivity contribution in [3.8, 4) is 11.1 Å². The Kier molecular flexibility index (Phi) is 48.3. The molecule has 3 aromatic rings. The lowest BCUT2D eigenvalue weighted by Crippen LogP contribution is -2.23. The predicted molar refractivity (Wildman–Crippen MR) is 246 cm³/mol. The summed E-state index contributed by atoms with van der Waals surface area (Å²) in [5.74, 6) is 0. The summed E-state index contributed by atoms with van der Waals surface area (Å²) in [4.78, 5) is 8.36. The van der Waals surface area contributed by atoms with E-state index in [9.17, 15) is 0 Å². The minimum absolute atomic E-state index is 0.213. The number of unbranched alkanes of at least 4 members (excludes halogenated alkanes) is 1. The maximum atomic E-state index is 8.36. The fraction of sp³-hybridized carbons (Fsp3) is 0.396. The van der Waals surface area contributed by atoms with E-state index >= 15 is 0 Å². The van der Waals surface area contributed by atoms with Crippen molar-refractivity contribution in [3.05, 3.63) is 138 Å². The third-order valence-corrected chi connectivity index (χ3v) is 6.92. The van der Waals surface area contributed by atoms with Gasteiger partial charge in [0, 0.05) is 12.2 Å². The average Bonchev–Trinajstić information content (AvgIpc) is 3.20. The van der Waals surface area contributed by atoms with Crippen LogP contribution in [0.2, 0.25) is 0 Å². The number of aryl methyl sites for hydroxylation is 2. The molecule has 1 atom stereocenters. The van der Waals surface area contributed by atoms with Crippen LogP contribution in [0.5, 0.6) is 0 Å². The lowest BCUT2D eigenvalue weighted by atomic mass is 9.93. The Morgan fingerprint density at radius 1 is 0.907 bits per heavy atom. The van der Waals surface area contributed by atoms with Gasteiger partial charge in [0.25, 0.3) is 6.47 Å². The number of anilines is 1. The lowest BCUT2D eigenvalue weighted by molar-refractivity contribution is -0.122. The largest absolute Gasteiger partial charge is 0.483 e. The highest BCUT2D eigenvalue weighted by Crippen LogP contribution is 2.32. The zero-order chi connectivity index (χ0) is 42.7. The molecule has 0 radical (unpaired) electrons. The summed E-state index contributed by atoms with van der Waals surface area (Å²) in [7, 11) is 0. The summed E-state index contributed by atoms with van der Waals surface area (Å²) < 4.78 is 5.75. The minimum atomic E-state index is -0.250. The second kappa shape index (κ2) is 44.5. The van der Waals surface area contributed by atoms with Crippen LogP contribution >= 0.6 is 0 Å². The van der Waals surface area contributed by atoms with Crippen LogP contribution in [0.3, 0.4) is 0 Å². The van der Waals surface area contributed by atoms with Gasteiger partial charge >= 0.3 is 0 Å². The number of rotatable bonds is 12. The van der Waals surface area contributed by atoms with Gasteiger partial charge in [0.2, 0.25) is 0 Å². The number of allylic oxidation sites excluding steroid dienone is 4. The number of carboxylic acid groups (broad SMARTS) is 1. The van der Waals surface area contributed by atoms with Gasteiger partial charge in [-0.3, -0.25) is 4.79 Å². The maximum absolute atomic E-state index is 8.36. The Morgan fingerprint density at radius 2 is 1.46 bits per heavy atom. The van der Waals surface area contributed by atoms with Crippen molar-refractivity contribution < 1.29 is 14.6 Å². The summed E-state index contributed by atoms with van der Waals surface area (Å²) in [5.41, 5.74) is 27.2. The van der Waals surface area contributed by atoms with Gasteiger partial charge < -0.3 is 27.0 Å². The van der Waals surface area contributed by atoms with E-state index in [1.54, 1.807) is 18.4 Å². The molecule has 54 heavy (non-hydrogen) atoms. The van der Waals surface area contributed by atoms with Crippen LogP contribution < -0.4 is 17.2 Å². The highest BCUT2D eigenvalue weighted by molar-refractivity contribution is 5.81. The fourth-order valence-electron chi connectivity index (χ4n) is 4.14. The van der Waals surface area contributed by atoms with Crippen molar-refractivity contribution in [3.63, 3.8) is 0 Å². The van der Waals surface area contributed by atoms with Gasteiger partial charge in [-0.2, -0.15) is 0 Å². The zero-order valence-corrected chi connectivity index (χ0v) is 36.3. The molecule has 0 aromatic heterocycles. The molecular formula is C48H79N3O3. The zero-order valence-electron chi connectivity index (χ0n) is 36.3. The molecule has 0 aliphatic heterocycles. The second-order valence-electron chi connectivity index (χ2n) is 10.9. The quantitative estimate of drug-likeness (QED) is 0.0633. The Balaban J connectivity index is -0.000000206. The monoisotopic (exact) mass is 746 g/mol. The SMILES string of the molecule is C=C(C)CC.C=C/C=C/C.C=Cc1c(C)cc(-c2cccc(C)c2/C=C\N)cc1N.CC.CC.CC.CCCCC(CN)OCc1ccccc1.O=CO. The van der Waals surface area contributed by atoms with E-state index in [0.29, 0.717) is 13.2 Å². The predicted octanol–water partition coefficient (Wildman–Crippen LogP) is 13.3. The molecule has 304 valence electrons. The van der Waals surface area contributed by atoms with E-state index in [1.807, 2.05) is 111 Å². The van der Waals surface area contributed by atoms with Crippen LogP contribution in [0.25, 0.3) is 23.3 Å². The summed E-state index contributed by atoms with van der Waals surface area (Å²) in [6.07, 6.45) is 15.7. The first-order valence-corrected chi connectivity index (χ1v) is 19.4. The van der Waals surface area contributed by atoms with Crippen LogP contribution in [0, 0.1) is 13.8 Å². The molecule has 0 aliphatic carbocycles. The van der Waals surface area contributed by atoms with Crippen LogP contribution in [0.15, 0.2) is 110 Å². The number of nitrogens with two attached hydrogens (primary N) is 3. The number of hydrogen-bond acceptors (Lipinski definition) is 5. The average molecular weight is 746 g/mol. The van der Waals surface area contributed by atoms with Gasteiger partial charge in [-0.25, -0.2) is 0 Å². The van der Waals surface area contributed by atoms with Crippen molar-refractivity contribution >= 4 is 24.3 Å². The highest BCUT2D eigenvalue weighted by atomic mass is 16.5. The molecule has 0 fully saturated rings. The summed E-state index contributed by atoms with van der Waals surface area (Å²) in [5, 5.41) is 6.89. The number of hydrogen-bond donors (Lipinski definition) is 4. The Morgan fingerprint density at radius 3 is 1.85 bits per heavy atom. The third kappa shape index (κ3) is 30.9. The van der Waals surface area contributed by atoms with E-state index in [1.165, 1.54) is 29.5 Å². The van der Waals surface area contributed by atoms with Crippen molar-refractivity contribution in [2.75, 3.05) is 12.3 Å². The molecule has 1 unspecified atom stereocenters. The number of benzene rings is 3. The molecular weight excluding hydrogens is 667 g/mol. The minimum Gasteiger partial charge on any atom is -0.483 e. The van der Waals surface area contributed by atoms with Gasteiger partial charge in [-0.1, -0.05) is 166 Å². The number of ether oxygens (including phenoxy) is 1. The molecule has 0 spiro atoms. The molecule has 0 heterocycles. The number of nitrogen functional groups attached to an aromatic ring is 1.